The Hall–Kier alpha value is -1.29. The summed E-state index contributed by atoms with van der Waals surface area (Å²) in [6, 6.07) is 1.72. The molecular formula is C14H20ClN3O. The molecule has 5 heteroatoms. The molecule has 4 nitrogen and oxygen atoms in total. The summed E-state index contributed by atoms with van der Waals surface area (Å²) in [6.45, 7) is 3.87. The van der Waals surface area contributed by atoms with E-state index in [-0.39, 0.29) is 5.91 Å². The van der Waals surface area contributed by atoms with Gasteiger partial charge in [0.2, 0.25) is 0 Å². The fraction of sp³-hybridized carbons (Fsp3) is 0.571. The van der Waals surface area contributed by atoms with Gasteiger partial charge in [0.1, 0.15) is 5.82 Å². The van der Waals surface area contributed by atoms with E-state index in [0.717, 1.165) is 25.9 Å². The van der Waals surface area contributed by atoms with Crippen LogP contribution in [0.15, 0.2) is 12.3 Å². The van der Waals surface area contributed by atoms with Gasteiger partial charge in [-0.3, -0.25) is 4.79 Å². The summed E-state index contributed by atoms with van der Waals surface area (Å²) in [5, 5.41) is 3.35. The normalized spacial score (nSPS) is 19.9. The molecule has 1 saturated heterocycles. The maximum absolute atomic E-state index is 12.5. The molecule has 0 aliphatic carbocycles. The summed E-state index contributed by atoms with van der Waals surface area (Å²) < 4.78 is 0. The van der Waals surface area contributed by atoms with Crippen molar-refractivity contribution < 1.29 is 4.79 Å². The fourth-order valence-corrected chi connectivity index (χ4v) is 2.56. The van der Waals surface area contributed by atoms with Crippen LogP contribution >= 0.6 is 11.6 Å². The molecule has 1 aliphatic rings. The largest absolute Gasteiger partial charge is 0.373 e. The molecule has 0 bridgehead atoms. The van der Waals surface area contributed by atoms with Gasteiger partial charge in [0.05, 0.1) is 10.6 Å². The number of likely N-dealkylation sites (tertiary alicyclic amines) is 1. The second-order valence-corrected chi connectivity index (χ2v) is 5.53. The number of carbonyl (C=O) groups excluding carboxylic acids is 1. The Morgan fingerprint density at radius 2 is 2.26 bits per heavy atom. The van der Waals surface area contributed by atoms with Crippen LogP contribution in [0.2, 0.25) is 5.02 Å². The third-order valence-electron chi connectivity index (χ3n) is 3.65. The van der Waals surface area contributed by atoms with Gasteiger partial charge in [-0.2, -0.15) is 0 Å². The number of pyridine rings is 1. The number of halogens is 1. The van der Waals surface area contributed by atoms with Crippen LogP contribution in [-0.4, -0.2) is 35.9 Å². The average Bonchev–Trinajstić information content (AvgIpc) is 2.63. The maximum Gasteiger partial charge on any atom is 0.255 e. The zero-order valence-electron chi connectivity index (χ0n) is 11.4. The molecule has 1 aromatic heterocycles. The highest BCUT2D eigenvalue weighted by molar-refractivity contribution is 6.33. The maximum atomic E-state index is 12.5. The van der Waals surface area contributed by atoms with Crippen molar-refractivity contribution >= 4 is 23.3 Å². The Morgan fingerprint density at radius 3 is 3.00 bits per heavy atom. The summed E-state index contributed by atoms with van der Waals surface area (Å²) in [6.07, 6.45) is 4.85. The number of hydrogen-bond acceptors (Lipinski definition) is 3. The molecule has 19 heavy (non-hydrogen) atoms. The predicted octanol–water partition coefficient (Wildman–Crippen LogP) is 3.04. The first-order chi connectivity index (χ1) is 9.11. The van der Waals surface area contributed by atoms with E-state index in [9.17, 15) is 4.79 Å². The van der Waals surface area contributed by atoms with Crippen molar-refractivity contribution in [3.05, 3.63) is 22.8 Å². The van der Waals surface area contributed by atoms with Crippen LogP contribution in [0.3, 0.4) is 0 Å². The smallest absolute Gasteiger partial charge is 0.255 e. The predicted molar refractivity (Wildman–Crippen MR) is 77.7 cm³/mol. The van der Waals surface area contributed by atoms with E-state index in [0.29, 0.717) is 22.3 Å². The van der Waals surface area contributed by atoms with Gasteiger partial charge in [0.25, 0.3) is 5.91 Å². The summed E-state index contributed by atoms with van der Waals surface area (Å²) in [4.78, 5) is 18.5. The molecule has 1 unspecified atom stereocenters. The Morgan fingerprint density at radius 1 is 1.47 bits per heavy atom. The number of anilines is 1. The van der Waals surface area contributed by atoms with E-state index >= 15 is 0 Å². The van der Waals surface area contributed by atoms with Gasteiger partial charge in [-0.25, -0.2) is 4.98 Å². The highest BCUT2D eigenvalue weighted by atomic mass is 35.5. The van der Waals surface area contributed by atoms with Gasteiger partial charge >= 0.3 is 0 Å². The molecule has 104 valence electrons. The molecule has 2 heterocycles. The second kappa shape index (κ2) is 6.24. The standard InChI is InChI=1S/C14H20ClN3O/c1-10-4-3-6-18(7-5-10)14(19)11-8-13(16-2)17-9-12(11)15/h8-10H,3-7H2,1-2H3,(H,16,17). The first-order valence-corrected chi connectivity index (χ1v) is 7.12. The molecule has 1 amide bonds. The minimum absolute atomic E-state index is 0.0120. The van der Waals surface area contributed by atoms with Gasteiger partial charge in [-0.15, -0.1) is 0 Å². The Labute approximate surface area is 119 Å². The van der Waals surface area contributed by atoms with Crippen LogP contribution in [0, 0.1) is 5.92 Å². The van der Waals surface area contributed by atoms with Gasteiger partial charge in [-0.1, -0.05) is 18.5 Å². The topological polar surface area (TPSA) is 45.2 Å². The molecule has 0 radical (unpaired) electrons. The molecule has 1 fully saturated rings. The quantitative estimate of drug-likeness (QED) is 0.906. The van der Waals surface area contributed by atoms with Gasteiger partial charge in [0, 0.05) is 26.3 Å². The average molecular weight is 282 g/mol. The zero-order valence-corrected chi connectivity index (χ0v) is 12.2. The zero-order chi connectivity index (χ0) is 13.8. The summed E-state index contributed by atoms with van der Waals surface area (Å²) in [5.41, 5.74) is 0.538. The van der Waals surface area contributed by atoms with Crippen LogP contribution in [0.4, 0.5) is 5.82 Å². The molecule has 1 aliphatic heterocycles. The second-order valence-electron chi connectivity index (χ2n) is 5.13. The molecule has 0 spiro atoms. The van der Waals surface area contributed by atoms with Crippen LogP contribution < -0.4 is 5.32 Å². The Kier molecular flexibility index (Phi) is 4.64. The molecule has 1 atom stereocenters. The lowest BCUT2D eigenvalue weighted by Crippen LogP contribution is -2.32. The van der Waals surface area contributed by atoms with E-state index in [1.54, 1.807) is 13.1 Å². The van der Waals surface area contributed by atoms with Crippen LogP contribution in [0.1, 0.15) is 36.5 Å². The van der Waals surface area contributed by atoms with Crippen molar-refractivity contribution in [2.75, 3.05) is 25.5 Å². The van der Waals surface area contributed by atoms with Gasteiger partial charge < -0.3 is 10.2 Å². The number of nitrogens with zero attached hydrogens (tertiary/aromatic N) is 2. The van der Waals surface area contributed by atoms with Gasteiger partial charge in [-0.05, 0) is 31.2 Å². The third kappa shape index (κ3) is 3.38. The summed E-state index contributed by atoms with van der Waals surface area (Å²) in [5.74, 6) is 1.37. The highest BCUT2D eigenvalue weighted by Gasteiger charge is 2.22. The van der Waals surface area contributed by atoms with E-state index in [2.05, 4.69) is 17.2 Å². The van der Waals surface area contributed by atoms with Crippen molar-refractivity contribution in [3.63, 3.8) is 0 Å². The fourth-order valence-electron chi connectivity index (χ4n) is 2.38. The van der Waals surface area contributed by atoms with Crippen molar-refractivity contribution in [1.29, 1.82) is 0 Å². The SMILES string of the molecule is CNc1cc(C(=O)N2CCCC(C)CC2)c(Cl)cn1. The minimum Gasteiger partial charge on any atom is -0.373 e. The van der Waals surface area contributed by atoms with E-state index in [4.69, 9.17) is 11.6 Å². The lowest BCUT2D eigenvalue weighted by atomic mass is 10.0. The molecule has 0 aromatic carbocycles. The van der Waals surface area contributed by atoms with E-state index in [1.165, 1.54) is 12.6 Å². The Bertz CT molecular complexity index is 464. The number of amides is 1. The molecule has 0 saturated carbocycles. The monoisotopic (exact) mass is 281 g/mol. The van der Waals surface area contributed by atoms with Crippen LogP contribution in [-0.2, 0) is 0 Å². The minimum atomic E-state index is 0.0120. The lowest BCUT2D eigenvalue weighted by molar-refractivity contribution is 0.0760. The van der Waals surface area contributed by atoms with E-state index < -0.39 is 0 Å². The summed E-state index contributed by atoms with van der Waals surface area (Å²) in [7, 11) is 1.78. The number of aromatic nitrogens is 1. The molecule has 2 rings (SSSR count). The van der Waals surface area contributed by atoms with E-state index in [1.807, 2.05) is 4.90 Å². The molecule has 1 aromatic rings. The van der Waals surface area contributed by atoms with Crippen LogP contribution in [0.25, 0.3) is 0 Å². The van der Waals surface area contributed by atoms with Crippen molar-refractivity contribution in [2.24, 2.45) is 5.92 Å². The number of hydrogen-bond donors (Lipinski definition) is 1. The van der Waals surface area contributed by atoms with Crippen molar-refractivity contribution in [2.45, 2.75) is 26.2 Å². The first kappa shape index (κ1) is 14.1. The molecule has 1 N–H and O–H groups in total. The number of rotatable bonds is 2. The van der Waals surface area contributed by atoms with Crippen molar-refractivity contribution in [1.82, 2.24) is 9.88 Å². The van der Waals surface area contributed by atoms with Crippen molar-refractivity contribution in [3.8, 4) is 0 Å². The third-order valence-corrected chi connectivity index (χ3v) is 3.95. The first-order valence-electron chi connectivity index (χ1n) is 6.74. The van der Waals surface area contributed by atoms with Gasteiger partial charge in [0.15, 0.2) is 0 Å². The van der Waals surface area contributed by atoms with Crippen LogP contribution in [0.5, 0.6) is 0 Å². The lowest BCUT2D eigenvalue weighted by Gasteiger charge is -2.21. The molecular weight excluding hydrogens is 262 g/mol. The highest BCUT2D eigenvalue weighted by Crippen LogP contribution is 2.23. The summed E-state index contributed by atoms with van der Waals surface area (Å²) >= 11 is 6.10. The number of carbonyl (C=O) groups is 1. The number of nitrogens with one attached hydrogen (secondary N) is 1. The Balaban J connectivity index is 2.18.